The third-order valence-electron chi connectivity index (χ3n) is 0.911. The van der Waals surface area contributed by atoms with E-state index in [1.807, 2.05) is 0 Å². The normalized spacial score (nSPS) is 10.3. The van der Waals surface area contributed by atoms with Crippen molar-refractivity contribution in [1.29, 1.82) is 0 Å². The van der Waals surface area contributed by atoms with E-state index in [1.54, 1.807) is 0 Å². The predicted molar refractivity (Wildman–Crippen MR) is 26.4 cm³/mol. The molecule has 2 N–H and O–H groups in total. The fourth-order valence-corrected chi connectivity index (χ4v) is 0. The van der Waals surface area contributed by atoms with Gasteiger partial charge < -0.3 is 0 Å². The van der Waals surface area contributed by atoms with Crippen molar-refractivity contribution < 1.29 is 38.6 Å². The van der Waals surface area contributed by atoms with Crippen molar-refractivity contribution in [2.75, 3.05) is 0 Å². The molecule has 0 radical (unpaired) electrons. The molecule has 0 aliphatic heterocycles. The summed E-state index contributed by atoms with van der Waals surface area (Å²) in [5.74, 6) is 0. The number of hydrogen-bond acceptors (Lipinski definition) is 1. The van der Waals surface area contributed by atoms with Crippen molar-refractivity contribution in [3.8, 4) is 0 Å². The van der Waals surface area contributed by atoms with Gasteiger partial charge in [-0.15, -0.1) is 0 Å². The van der Waals surface area contributed by atoms with E-state index in [9.17, 15) is 0 Å². The molecule has 0 saturated carbocycles. The Morgan fingerprint density at radius 1 is 1.43 bits per heavy atom. The summed E-state index contributed by atoms with van der Waals surface area (Å²) in [7, 11) is 0. The molecule has 0 rings (SSSR count). The Labute approximate surface area is 64.6 Å². The summed E-state index contributed by atoms with van der Waals surface area (Å²) in [5, 5.41) is 4.42. The SMILES string of the molecule is C[CH2][Ti]([CH3])([CH3])[NH2].[Ti]. The molecule has 0 aliphatic rings. The van der Waals surface area contributed by atoms with Crippen LogP contribution in [0.5, 0.6) is 0 Å². The molecule has 0 heterocycles. The monoisotopic (exact) mass is 171 g/mol. The van der Waals surface area contributed by atoms with E-state index in [0.717, 1.165) is 0 Å². The van der Waals surface area contributed by atoms with E-state index in [0.29, 0.717) is 0 Å². The van der Waals surface area contributed by atoms with Gasteiger partial charge in [0.2, 0.25) is 0 Å². The molecule has 0 fully saturated rings. The van der Waals surface area contributed by atoms with Crippen LogP contribution < -0.4 is 4.22 Å². The smallest absolute Gasteiger partial charge is 0 e. The maximum Gasteiger partial charge on any atom is 0 e. The Kier molecular flexibility index (Phi) is 6.87. The Hall–Kier alpha value is 1.39. The third-order valence-corrected chi connectivity index (χ3v) is 3.76. The van der Waals surface area contributed by atoms with Crippen LogP contribution in [-0.2, 0) is 38.6 Å². The molecule has 42 valence electrons. The number of hydrogen-bond donors (Lipinski definition) is 1. The van der Waals surface area contributed by atoms with E-state index in [2.05, 4.69) is 17.4 Å². The summed E-state index contributed by atoms with van der Waals surface area (Å²) in [6, 6.07) is 0. The molecule has 3 heteroatoms. The first kappa shape index (κ1) is 11.2. The molecule has 0 unspecified atom stereocenters. The quantitative estimate of drug-likeness (QED) is 0.594. The van der Waals surface area contributed by atoms with Crippen LogP contribution in [0.2, 0.25) is 15.2 Å². The molecule has 0 aromatic heterocycles. The zero-order valence-electron chi connectivity index (χ0n) is 5.28. The summed E-state index contributed by atoms with van der Waals surface area (Å²) < 4.78 is 6.96. The van der Waals surface area contributed by atoms with Crippen LogP contribution in [-0.4, -0.2) is 0 Å². The second-order valence-corrected chi connectivity index (χ2v) is 9.66. The van der Waals surface area contributed by atoms with Crippen LogP contribution in [0.15, 0.2) is 0 Å². The van der Waals surface area contributed by atoms with E-state index in [1.165, 1.54) is 4.73 Å². The molecule has 7 heavy (non-hydrogen) atoms. The van der Waals surface area contributed by atoms with Crippen molar-refractivity contribution >= 4 is 0 Å². The Bertz CT molecular complexity index is 39.4. The molecule has 0 aromatic carbocycles. The van der Waals surface area contributed by atoms with Gasteiger partial charge in [0.15, 0.2) is 0 Å². The summed E-state index contributed by atoms with van der Waals surface area (Å²) >= 11 is -1.54. The second-order valence-electron chi connectivity index (χ2n) is 2.34. The maximum absolute atomic E-state index is 5.72. The van der Waals surface area contributed by atoms with Crippen molar-refractivity contribution in [3.05, 3.63) is 0 Å². The first-order valence-corrected chi connectivity index (χ1v) is 7.48. The average Bonchev–Trinajstić information content (AvgIpc) is 1.35. The third kappa shape index (κ3) is 11.1. The minimum atomic E-state index is -1.54. The molecule has 0 saturated heterocycles. The minimum absolute atomic E-state index is 0. The van der Waals surface area contributed by atoms with Gasteiger partial charge in [-0.2, -0.15) is 0 Å². The Morgan fingerprint density at radius 2 is 1.57 bits per heavy atom. The van der Waals surface area contributed by atoms with Crippen molar-refractivity contribution in [2.24, 2.45) is 4.22 Å². The van der Waals surface area contributed by atoms with Gasteiger partial charge in [0.05, 0.1) is 0 Å². The van der Waals surface area contributed by atoms with E-state index >= 15 is 0 Å². The summed E-state index contributed by atoms with van der Waals surface area (Å²) in [6.45, 7) is 2.17. The van der Waals surface area contributed by atoms with Gasteiger partial charge >= 0.3 is 43.2 Å². The molecule has 0 amide bonds. The largest absolute Gasteiger partial charge is 0 e. The molecular weight excluding hydrogens is 158 g/mol. The first-order chi connectivity index (χ1) is 2.56. The first-order valence-electron chi connectivity index (χ1n) is 2.35. The van der Waals surface area contributed by atoms with Crippen LogP contribution in [0, 0.1) is 0 Å². The van der Waals surface area contributed by atoms with Crippen molar-refractivity contribution in [3.63, 3.8) is 0 Å². The van der Waals surface area contributed by atoms with Crippen LogP contribution in [0.3, 0.4) is 0 Å². The van der Waals surface area contributed by atoms with Crippen LogP contribution in [0.4, 0.5) is 0 Å². The molecule has 1 nitrogen and oxygen atoms in total. The van der Waals surface area contributed by atoms with E-state index < -0.39 is 16.8 Å². The summed E-state index contributed by atoms with van der Waals surface area (Å²) in [6.07, 6.45) is 0. The van der Waals surface area contributed by atoms with Gasteiger partial charge in [-0.25, -0.2) is 0 Å². The molecule has 0 bridgehead atoms. The Balaban J connectivity index is 0. The summed E-state index contributed by atoms with van der Waals surface area (Å²) in [5.41, 5.74) is 0. The van der Waals surface area contributed by atoms with Crippen LogP contribution >= 0.6 is 0 Å². The fraction of sp³-hybridized carbons (Fsp3) is 1.00. The summed E-state index contributed by atoms with van der Waals surface area (Å²) in [4.78, 5) is 0. The number of nitrogens with two attached hydrogens (primary N) is 1. The topological polar surface area (TPSA) is 26.0 Å². The van der Waals surface area contributed by atoms with Gasteiger partial charge in [-0.1, -0.05) is 0 Å². The van der Waals surface area contributed by atoms with Gasteiger partial charge in [0, 0.05) is 21.7 Å². The molecule has 0 spiro atoms. The predicted octanol–water partition coefficient (Wildman–Crippen LogP) is 1.55. The van der Waals surface area contributed by atoms with Gasteiger partial charge in [-0.05, 0) is 0 Å². The molecule has 0 atom stereocenters. The fourth-order valence-electron chi connectivity index (χ4n) is 0. The zero-order valence-corrected chi connectivity index (χ0v) is 8.41. The minimum Gasteiger partial charge on any atom is 0 e. The molecular formula is C4H13NTi2. The zero-order chi connectivity index (χ0) is 5.21. The second kappa shape index (κ2) is 4.29. The Morgan fingerprint density at radius 3 is 1.57 bits per heavy atom. The van der Waals surface area contributed by atoms with Crippen molar-refractivity contribution in [2.45, 2.75) is 22.1 Å². The van der Waals surface area contributed by atoms with Crippen molar-refractivity contribution in [1.82, 2.24) is 0 Å². The maximum atomic E-state index is 5.72. The molecule has 0 aromatic rings. The van der Waals surface area contributed by atoms with Gasteiger partial charge in [0.25, 0.3) is 0 Å². The standard InChI is InChI=1S/C2H5.2CH3.H2N.2Ti/c1-2;;;;;/h1H2,2H3;2*1H3;1H2;;/q;;;-1;;+1. The van der Waals surface area contributed by atoms with E-state index in [4.69, 9.17) is 4.22 Å². The number of rotatable bonds is 1. The van der Waals surface area contributed by atoms with Crippen LogP contribution in [0.1, 0.15) is 6.92 Å². The molecule has 0 aliphatic carbocycles. The van der Waals surface area contributed by atoms with E-state index in [-0.39, 0.29) is 21.7 Å². The van der Waals surface area contributed by atoms with Gasteiger partial charge in [-0.3, -0.25) is 0 Å². The van der Waals surface area contributed by atoms with Crippen LogP contribution in [0.25, 0.3) is 0 Å². The van der Waals surface area contributed by atoms with Gasteiger partial charge in [0.1, 0.15) is 0 Å². The average molecular weight is 171 g/mol.